The first kappa shape index (κ1) is 19.3. The molecule has 1 heterocycles. The predicted molar refractivity (Wildman–Crippen MR) is 103 cm³/mol. The summed E-state index contributed by atoms with van der Waals surface area (Å²) in [5.74, 6) is -1.64. The summed E-state index contributed by atoms with van der Waals surface area (Å²) in [5.41, 5.74) is 3.78. The predicted octanol–water partition coefficient (Wildman–Crippen LogP) is 4.37. The molecule has 1 saturated heterocycles. The molecule has 2 aromatic carbocycles. The Labute approximate surface area is 158 Å². The summed E-state index contributed by atoms with van der Waals surface area (Å²) in [4.78, 5) is 14.5. The maximum Gasteiger partial charge on any atom is 0.319 e. The van der Waals surface area contributed by atoms with Crippen molar-refractivity contribution in [3.63, 3.8) is 0 Å². The van der Waals surface area contributed by atoms with Gasteiger partial charge in [-0.3, -0.25) is 4.90 Å². The van der Waals surface area contributed by atoms with Crippen LogP contribution in [0.2, 0.25) is 0 Å². The van der Waals surface area contributed by atoms with Gasteiger partial charge in [0.2, 0.25) is 0 Å². The number of nitrogens with zero attached hydrogens (tertiary/aromatic N) is 1. The lowest BCUT2D eigenvalue weighted by Gasteiger charge is -2.32. The van der Waals surface area contributed by atoms with Crippen molar-refractivity contribution in [2.24, 2.45) is 0 Å². The second-order valence-corrected chi connectivity index (χ2v) is 7.14. The van der Waals surface area contributed by atoms with Crippen molar-refractivity contribution >= 4 is 11.7 Å². The number of rotatable bonds is 4. The molecule has 0 spiro atoms. The Kier molecular flexibility index (Phi) is 6.06. The maximum absolute atomic E-state index is 13.3. The van der Waals surface area contributed by atoms with E-state index in [-0.39, 0.29) is 12.1 Å². The van der Waals surface area contributed by atoms with Crippen molar-refractivity contribution in [1.29, 1.82) is 0 Å². The molecule has 27 heavy (non-hydrogen) atoms. The van der Waals surface area contributed by atoms with Gasteiger partial charge in [-0.25, -0.2) is 13.6 Å². The van der Waals surface area contributed by atoms with E-state index in [4.69, 9.17) is 0 Å². The number of hydrogen-bond acceptors (Lipinski definition) is 2. The molecular formula is C21H25F2N3O. The van der Waals surface area contributed by atoms with Gasteiger partial charge in [-0.2, -0.15) is 0 Å². The van der Waals surface area contributed by atoms with Crippen molar-refractivity contribution in [3.05, 3.63) is 64.7 Å². The van der Waals surface area contributed by atoms with E-state index in [1.807, 2.05) is 32.0 Å². The SMILES string of the molecule is Cc1cccc(NC(=O)NC2CCN(Cc3ccc(F)c(F)c3)CC2)c1C. The Morgan fingerprint density at radius 1 is 1.11 bits per heavy atom. The lowest BCUT2D eigenvalue weighted by Crippen LogP contribution is -2.45. The topological polar surface area (TPSA) is 44.4 Å². The van der Waals surface area contributed by atoms with Gasteiger partial charge in [0, 0.05) is 31.4 Å². The number of likely N-dealkylation sites (tertiary alicyclic amines) is 1. The summed E-state index contributed by atoms with van der Waals surface area (Å²) in [6, 6.07) is 9.77. The van der Waals surface area contributed by atoms with Gasteiger partial charge in [0.1, 0.15) is 0 Å². The molecule has 0 aliphatic carbocycles. The molecule has 4 nitrogen and oxygen atoms in total. The molecule has 2 N–H and O–H groups in total. The van der Waals surface area contributed by atoms with Gasteiger partial charge < -0.3 is 10.6 Å². The monoisotopic (exact) mass is 373 g/mol. The quantitative estimate of drug-likeness (QED) is 0.836. The molecule has 0 saturated carbocycles. The summed E-state index contributed by atoms with van der Waals surface area (Å²) in [7, 11) is 0. The number of aryl methyl sites for hydroxylation is 1. The molecule has 2 aromatic rings. The molecule has 1 aliphatic heterocycles. The number of amides is 2. The van der Waals surface area contributed by atoms with E-state index in [0.717, 1.165) is 54.4 Å². The molecule has 1 aliphatic rings. The van der Waals surface area contributed by atoms with Crippen molar-refractivity contribution < 1.29 is 13.6 Å². The fourth-order valence-electron chi connectivity index (χ4n) is 3.36. The first-order chi connectivity index (χ1) is 12.9. The number of carbonyl (C=O) groups is 1. The van der Waals surface area contributed by atoms with E-state index in [1.54, 1.807) is 6.07 Å². The number of carbonyl (C=O) groups excluding carboxylic acids is 1. The number of nitrogens with one attached hydrogen (secondary N) is 2. The zero-order chi connectivity index (χ0) is 19.4. The fraction of sp³-hybridized carbons (Fsp3) is 0.381. The van der Waals surface area contributed by atoms with Crippen LogP contribution in [-0.2, 0) is 6.54 Å². The van der Waals surface area contributed by atoms with Crippen LogP contribution in [0.4, 0.5) is 19.3 Å². The van der Waals surface area contributed by atoms with E-state index in [0.29, 0.717) is 6.54 Å². The largest absolute Gasteiger partial charge is 0.335 e. The van der Waals surface area contributed by atoms with Gasteiger partial charge in [-0.1, -0.05) is 18.2 Å². The Morgan fingerprint density at radius 2 is 1.85 bits per heavy atom. The molecule has 2 amide bonds. The van der Waals surface area contributed by atoms with Crippen molar-refractivity contribution in [2.45, 2.75) is 39.3 Å². The van der Waals surface area contributed by atoms with E-state index >= 15 is 0 Å². The lowest BCUT2D eigenvalue weighted by atomic mass is 10.0. The highest BCUT2D eigenvalue weighted by atomic mass is 19.2. The normalized spacial score (nSPS) is 15.6. The molecular weight excluding hydrogens is 348 g/mol. The number of hydrogen-bond donors (Lipinski definition) is 2. The average Bonchev–Trinajstić information content (AvgIpc) is 2.64. The standard InChI is InChI=1S/C21H25F2N3O/c1-14-4-3-5-20(15(14)2)25-21(27)24-17-8-10-26(11-9-17)13-16-6-7-18(22)19(23)12-16/h3-7,12,17H,8-11,13H2,1-2H3,(H2,24,25,27). The molecule has 144 valence electrons. The van der Waals surface area contributed by atoms with Crippen LogP contribution < -0.4 is 10.6 Å². The lowest BCUT2D eigenvalue weighted by molar-refractivity contribution is 0.189. The van der Waals surface area contributed by atoms with Crippen molar-refractivity contribution in [1.82, 2.24) is 10.2 Å². The van der Waals surface area contributed by atoms with E-state index in [2.05, 4.69) is 15.5 Å². The third-order valence-corrected chi connectivity index (χ3v) is 5.17. The highest BCUT2D eigenvalue weighted by Crippen LogP contribution is 2.19. The highest BCUT2D eigenvalue weighted by molar-refractivity contribution is 5.90. The molecule has 1 fully saturated rings. The van der Waals surface area contributed by atoms with Crippen LogP contribution in [0.25, 0.3) is 0 Å². The summed E-state index contributed by atoms with van der Waals surface area (Å²) < 4.78 is 26.3. The molecule has 0 bridgehead atoms. The Hall–Kier alpha value is -2.47. The minimum atomic E-state index is -0.823. The molecule has 0 unspecified atom stereocenters. The number of benzene rings is 2. The second-order valence-electron chi connectivity index (χ2n) is 7.14. The van der Waals surface area contributed by atoms with Crippen LogP contribution in [0.15, 0.2) is 36.4 Å². The molecule has 6 heteroatoms. The fourth-order valence-corrected chi connectivity index (χ4v) is 3.36. The van der Waals surface area contributed by atoms with Gasteiger partial charge in [-0.05, 0) is 61.6 Å². The number of urea groups is 1. The van der Waals surface area contributed by atoms with E-state index < -0.39 is 11.6 Å². The molecule has 0 aromatic heterocycles. The Morgan fingerprint density at radius 3 is 2.56 bits per heavy atom. The average molecular weight is 373 g/mol. The molecule has 0 atom stereocenters. The van der Waals surface area contributed by atoms with Gasteiger partial charge in [0.25, 0.3) is 0 Å². The molecule has 0 radical (unpaired) electrons. The zero-order valence-electron chi connectivity index (χ0n) is 15.7. The van der Waals surface area contributed by atoms with E-state index in [9.17, 15) is 13.6 Å². The Balaban J connectivity index is 1.47. The summed E-state index contributed by atoms with van der Waals surface area (Å²) in [6.45, 7) is 6.18. The van der Waals surface area contributed by atoms with Gasteiger partial charge in [0.05, 0.1) is 0 Å². The van der Waals surface area contributed by atoms with Crippen LogP contribution in [0.3, 0.4) is 0 Å². The van der Waals surface area contributed by atoms with Gasteiger partial charge in [-0.15, -0.1) is 0 Å². The number of halogens is 2. The first-order valence-corrected chi connectivity index (χ1v) is 9.22. The van der Waals surface area contributed by atoms with Gasteiger partial charge in [0.15, 0.2) is 11.6 Å². The third-order valence-electron chi connectivity index (χ3n) is 5.17. The third kappa shape index (κ3) is 5.04. The summed E-state index contributed by atoms with van der Waals surface area (Å²) in [6.07, 6.45) is 1.65. The second kappa shape index (κ2) is 8.48. The minimum Gasteiger partial charge on any atom is -0.335 e. The van der Waals surface area contributed by atoms with Crippen molar-refractivity contribution in [3.8, 4) is 0 Å². The van der Waals surface area contributed by atoms with E-state index in [1.165, 1.54) is 6.07 Å². The highest BCUT2D eigenvalue weighted by Gasteiger charge is 2.21. The minimum absolute atomic E-state index is 0.108. The number of piperidine rings is 1. The smallest absolute Gasteiger partial charge is 0.319 e. The summed E-state index contributed by atoms with van der Waals surface area (Å²) >= 11 is 0. The van der Waals surface area contributed by atoms with Crippen LogP contribution in [0.5, 0.6) is 0 Å². The van der Waals surface area contributed by atoms with Crippen LogP contribution in [-0.4, -0.2) is 30.1 Å². The summed E-state index contributed by atoms with van der Waals surface area (Å²) in [5, 5.41) is 5.95. The van der Waals surface area contributed by atoms with Crippen molar-refractivity contribution in [2.75, 3.05) is 18.4 Å². The van der Waals surface area contributed by atoms with Crippen LogP contribution in [0.1, 0.15) is 29.5 Å². The van der Waals surface area contributed by atoms with Crippen LogP contribution >= 0.6 is 0 Å². The first-order valence-electron chi connectivity index (χ1n) is 9.22. The maximum atomic E-state index is 13.3. The molecule has 3 rings (SSSR count). The van der Waals surface area contributed by atoms with Crippen LogP contribution in [0, 0.1) is 25.5 Å². The Bertz CT molecular complexity index is 817. The van der Waals surface area contributed by atoms with Gasteiger partial charge >= 0.3 is 6.03 Å². The number of anilines is 1. The zero-order valence-corrected chi connectivity index (χ0v) is 15.7.